The molecule has 1 aliphatic heterocycles. The molecule has 3 aromatic carbocycles. The maximum atomic E-state index is 13.8. The smallest absolute Gasteiger partial charge is 0.254 e. The quantitative estimate of drug-likeness (QED) is 0.494. The van der Waals surface area contributed by atoms with Gasteiger partial charge in [-0.05, 0) is 66.1 Å². The summed E-state index contributed by atoms with van der Waals surface area (Å²) in [5.41, 5.74) is 3.99. The number of aromatic amines is 1. The molecule has 0 spiro atoms. The van der Waals surface area contributed by atoms with E-state index < -0.39 is 11.9 Å². The van der Waals surface area contributed by atoms with Crippen molar-refractivity contribution in [2.24, 2.45) is 0 Å². The first-order valence-electron chi connectivity index (χ1n) is 10.1. The monoisotopic (exact) mass is 418 g/mol. The predicted octanol–water partition coefficient (Wildman–Crippen LogP) is 5.24. The van der Waals surface area contributed by atoms with E-state index in [-0.39, 0.29) is 17.3 Å². The standard InChI is InChI=1S/C25H20F2N2O2/c1-31-19-9-10-22-21(14-19)20-11-12-29(25(30)16-3-2-4-18(27)13-16)24(23(20)28-22)15-5-7-17(26)8-6-15/h2-10,13-14,24,28H,11-12H2,1H3/t24-/m1/s1. The van der Waals surface area contributed by atoms with E-state index in [1.165, 1.54) is 30.3 Å². The number of amides is 1. The summed E-state index contributed by atoms with van der Waals surface area (Å²) in [6, 6.07) is 17.2. The van der Waals surface area contributed by atoms with Gasteiger partial charge in [0.05, 0.1) is 13.2 Å². The summed E-state index contributed by atoms with van der Waals surface area (Å²) in [6.45, 7) is 0.453. The zero-order valence-corrected chi connectivity index (χ0v) is 16.9. The number of methoxy groups -OCH3 is 1. The Morgan fingerprint density at radius 1 is 1.03 bits per heavy atom. The first kappa shape index (κ1) is 19.3. The van der Waals surface area contributed by atoms with Gasteiger partial charge in [-0.25, -0.2) is 8.78 Å². The van der Waals surface area contributed by atoms with Crippen LogP contribution in [0.15, 0.2) is 66.7 Å². The van der Waals surface area contributed by atoms with E-state index in [9.17, 15) is 13.6 Å². The number of nitrogens with one attached hydrogen (secondary N) is 1. The highest BCUT2D eigenvalue weighted by Gasteiger charge is 2.35. The normalized spacial score (nSPS) is 15.7. The molecule has 0 fully saturated rings. The van der Waals surface area contributed by atoms with Crippen molar-refractivity contribution in [2.45, 2.75) is 12.5 Å². The van der Waals surface area contributed by atoms with Crippen LogP contribution in [0.3, 0.4) is 0 Å². The Bertz CT molecular complexity index is 1280. The summed E-state index contributed by atoms with van der Waals surface area (Å²) >= 11 is 0. The second-order valence-corrected chi connectivity index (χ2v) is 7.64. The largest absolute Gasteiger partial charge is 0.497 e. The molecule has 0 radical (unpaired) electrons. The summed E-state index contributed by atoms with van der Waals surface area (Å²) in [6.07, 6.45) is 0.640. The maximum absolute atomic E-state index is 13.8. The minimum Gasteiger partial charge on any atom is -0.497 e. The number of halogens is 2. The lowest BCUT2D eigenvalue weighted by molar-refractivity contribution is 0.0691. The number of hydrogen-bond acceptors (Lipinski definition) is 2. The molecule has 0 unspecified atom stereocenters. The van der Waals surface area contributed by atoms with Crippen molar-refractivity contribution in [3.8, 4) is 5.75 Å². The number of ether oxygens (including phenoxy) is 1. The highest BCUT2D eigenvalue weighted by molar-refractivity contribution is 5.95. The van der Waals surface area contributed by atoms with Gasteiger partial charge in [0.15, 0.2) is 0 Å². The van der Waals surface area contributed by atoms with E-state index in [2.05, 4.69) is 4.98 Å². The zero-order valence-electron chi connectivity index (χ0n) is 16.9. The van der Waals surface area contributed by atoms with E-state index in [1.54, 1.807) is 30.2 Å². The highest BCUT2D eigenvalue weighted by Crippen LogP contribution is 2.40. The summed E-state index contributed by atoms with van der Waals surface area (Å²) in [7, 11) is 1.63. The fourth-order valence-electron chi connectivity index (χ4n) is 4.39. The Morgan fingerprint density at radius 3 is 2.58 bits per heavy atom. The Kier molecular flexibility index (Phi) is 4.70. The molecule has 156 valence electrons. The van der Waals surface area contributed by atoms with Gasteiger partial charge in [0, 0.05) is 28.7 Å². The molecule has 0 saturated heterocycles. The van der Waals surface area contributed by atoms with E-state index >= 15 is 0 Å². The Hall–Kier alpha value is -3.67. The number of nitrogens with zero attached hydrogens (tertiary/aromatic N) is 1. The number of H-pyrrole nitrogens is 1. The molecule has 4 nitrogen and oxygen atoms in total. The van der Waals surface area contributed by atoms with E-state index in [0.29, 0.717) is 13.0 Å². The summed E-state index contributed by atoms with van der Waals surface area (Å²) < 4.78 is 32.8. The molecule has 31 heavy (non-hydrogen) atoms. The lowest BCUT2D eigenvalue weighted by Crippen LogP contribution is -2.40. The van der Waals surface area contributed by atoms with Crippen LogP contribution < -0.4 is 4.74 Å². The van der Waals surface area contributed by atoms with Gasteiger partial charge in [0.2, 0.25) is 0 Å². The number of benzene rings is 3. The molecule has 4 aromatic rings. The minimum atomic E-state index is -0.459. The van der Waals surface area contributed by atoms with Crippen LogP contribution in [-0.2, 0) is 6.42 Å². The number of aromatic nitrogens is 1. The molecular weight excluding hydrogens is 398 g/mol. The van der Waals surface area contributed by atoms with Crippen LogP contribution in [0, 0.1) is 11.6 Å². The van der Waals surface area contributed by atoms with E-state index in [4.69, 9.17) is 4.74 Å². The van der Waals surface area contributed by atoms with Crippen LogP contribution >= 0.6 is 0 Å². The van der Waals surface area contributed by atoms with Gasteiger partial charge in [-0.15, -0.1) is 0 Å². The van der Waals surface area contributed by atoms with Crippen molar-refractivity contribution in [1.82, 2.24) is 9.88 Å². The SMILES string of the molecule is COc1ccc2[nH]c3c(c2c1)CCN(C(=O)c1cccc(F)c1)[C@@H]3c1ccc(F)cc1. The van der Waals surface area contributed by atoms with E-state index in [0.717, 1.165) is 33.5 Å². The summed E-state index contributed by atoms with van der Waals surface area (Å²) in [5, 5.41) is 1.04. The maximum Gasteiger partial charge on any atom is 0.254 e. The lowest BCUT2D eigenvalue weighted by Gasteiger charge is -2.36. The van der Waals surface area contributed by atoms with Gasteiger partial charge < -0.3 is 14.6 Å². The fraction of sp³-hybridized carbons (Fsp3) is 0.160. The van der Waals surface area contributed by atoms with Crippen molar-refractivity contribution >= 4 is 16.8 Å². The average Bonchev–Trinajstić information content (AvgIpc) is 3.16. The van der Waals surface area contributed by atoms with Gasteiger partial charge in [-0.1, -0.05) is 18.2 Å². The zero-order chi connectivity index (χ0) is 21.5. The number of rotatable bonds is 3. The Morgan fingerprint density at radius 2 is 1.84 bits per heavy atom. The first-order valence-corrected chi connectivity index (χ1v) is 10.1. The Labute approximate surface area is 178 Å². The fourth-order valence-corrected chi connectivity index (χ4v) is 4.39. The van der Waals surface area contributed by atoms with Crippen molar-refractivity contribution in [1.29, 1.82) is 0 Å². The van der Waals surface area contributed by atoms with Gasteiger partial charge >= 0.3 is 0 Å². The van der Waals surface area contributed by atoms with E-state index in [1.807, 2.05) is 18.2 Å². The third-order valence-corrected chi connectivity index (χ3v) is 5.85. The van der Waals surface area contributed by atoms with Crippen molar-refractivity contribution < 1.29 is 18.3 Å². The number of hydrogen-bond donors (Lipinski definition) is 1. The summed E-state index contributed by atoms with van der Waals surface area (Å²) in [4.78, 5) is 18.6. The van der Waals surface area contributed by atoms with Crippen molar-refractivity contribution in [3.05, 3.63) is 101 Å². The third kappa shape index (κ3) is 3.34. The number of carbonyl (C=O) groups is 1. The Balaban J connectivity index is 1.66. The molecule has 1 N–H and O–H groups in total. The predicted molar refractivity (Wildman–Crippen MR) is 114 cm³/mol. The number of fused-ring (bicyclic) bond motifs is 3. The second kappa shape index (κ2) is 7.54. The van der Waals surface area contributed by atoms with Crippen LogP contribution in [0.4, 0.5) is 8.78 Å². The van der Waals surface area contributed by atoms with Gasteiger partial charge in [-0.3, -0.25) is 4.79 Å². The van der Waals surface area contributed by atoms with Crippen molar-refractivity contribution in [2.75, 3.05) is 13.7 Å². The molecule has 0 bridgehead atoms. The lowest BCUT2D eigenvalue weighted by atomic mass is 9.91. The molecule has 2 heterocycles. The van der Waals surface area contributed by atoms with Crippen LogP contribution in [0.2, 0.25) is 0 Å². The molecule has 1 aromatic heterocycles. The van der Waals surface area contributed by atoms with Gasteiger partial charge in [0.1, 0.15) is 17.4 Å². The third-order valence-electron chi connectivity index (χ3n) is 5.85. The van der Waals surface area contributed by atoms with Gasteiger partial charge in [0.25, 0.3) is 5.91 Å². The molecular formula is C25H20F2N2O2. The van der Waals surface area contributed by atoms with Crippen molar-refractivity contribution in [3.63, 3.8) is 0 Å². The van der Waals surface area contributed by atoms with Gasteiger partial charge in [-0.2, -0.15) is 0 Å². The minimum absolute atomic E-state index is 0.268. The molecule has 5 rings (SSSR count). The molecule has 1 aliphatic rings. The molecule has 0 aliphatic carbocycles. The highest BCUT2D eigenvalue weighted by atomic mass is 19.1. The second-order valence-electron chi connectivity index (χ2n) is 7.64. The average molecular weight is 418 g/mol. The van der Waals surface area contributed by atoms with Crippen LogP contribution in [0.5, 0.6) is 5.75 Å². The number of carbonyl (C=O) groups excluding carboxylic acids is 1. The summed E-state index contributed by atoms with van der Waals surface area (Å²) in [5.74, 6) is -0.314. The van der Waals surface area contributed by atoms with Crippen LogP contribution in [-0.4, -0.2) is 29.4 Å². The van der Waals surface area contributed by atoms with Crippen LogP contribution in [0.1, 0.15) is 33.2 Å². The van der Waals surface area contributed by atoms with Crippen LogP contribution in [0.25, 0.3) is 10.9 Å². The molecule has 1 amide bonds. The molecule has 1 atom stereocenters. The molecule has 6 heteroatoms. The topological polar surface area (TPSA) is 45.3 Å². The first-order chi connectivity index (χ1) is 15.0. The molecule has 0 saturated carbocycles.